The highest BCUT2D eigenvalue weighted by molar-refractivity contribution is 5.26. The van der Waals surface area contributed by atoms with Gasteiger partial charge in [0.05, 0.1) is 32.0 Å². The number of nitrogens with one attached hydrogen (secondary N) is 1. The predicted octanol–water partition coefficient (Wildman–Crippen LogP) is 2.65. The van der Waals surface area contributed by atoms with Crippen LogP contribution >= 0.6 is 0 Å². The third-order valence-corrected chi connectivity index (χ3v) is 4.79. The molecule has 4 atom stereocenters. The lowest BCUT2D eigenvalue weighted by Gasteiger charge is -2.24. The highest BCUT2D eigenvalue weighted by atomic mass is 16.5. The Labute approximate surface area is 179 Å². The number of aliphatic hydroxyl groups excluding tert-OH is 2. The molecule has 2 rings (SSSR count). The van der Waals surface area contributed by atoms with E-state index in [1.54, 1.807) is 12.1 Å². The van der Waals surface area contributed by atoms with Gasteiger partial charge in [0.1, 0.15) is 12.0 Å². The molecule has 2 aromatic carbocycles. The molecule has 6 heteroatoms. The van der Waals surface area contributed by atoms with Gasteiger partial charge in [-0.05, 0) is 56.4 Å². The first kappa shape index (κ1) is 24.3. The molecule has 0 radical (unpaired) electrons. The van der Waals surface area contributed by atoms with Gasteiger partial charge in [-0.1, -0.05) is 42.5 Å². The molecule has 0 aromatic heterocycles. The minimum Gasteiger partial charge on any atom is -0.508 e. The van der Waals surface area contributed by atoms with Crippen molar-refractivity contribution in [1.82, 2.24) is 5.32 Å². The Kier molecular flexibility index (Phi) is 10.8. The van der Waals surface area contributed by atoms with Gasteiger partial charge >= 0.3 is 0 Å². The van der Waals surface area contributed by atoms with E-state index in [0.717, 1.165) is 12.0 Å². The molecule has 0 amide bonds. The van der Waals surface area contributed by atoms with Crippen molar-refractivity contribution in [3.63, 3.8) is 0 Å². The van der Waals surface area contributed by atoms with Gasteiger partial charge in [-0.2, -0.15) is 0 Å². The standard InChI is InChI=1S/C24H35NO5/c1-18(15-26)30-19(2)16-29-17-22(14-21-8-11-23(27)12-9-21)25-24(28)13-10-20-6-4-3-5-7-20/h3-9,11-12,18-19,22,24-28H,10,13-17H2,1-2H3. The van der Waals surface area contributed by atoms with Gasteiger partial charge < -0.3 is 24.8 Å². The van der Waals surface area contributed by atoms with Crippen LogP contribution in [-0.4, -0.2) is 59.6 Å². The number of hydrogen-bond acceptors (Lipinski definition) is 6. The van der Waals surface area contributed by atoms with E-state index in [1.165, 1.54) is 5.56 Å². The second-order valence-corrected chi connectivity index (χ2v) is 7.75. The number of rotatable bonds is 14. The molecule has 4 N–H and O–H groups in total. The van der Waals surface area contributed by atoms with Gasteiger partial charge in [-0.15, -0.1) is 0 Å². The van der Waals surface area contributed by atoms with E-state index >= 15 is 0 Å². The molecule has 0 aliphatic heterocycles. The largest absolute Gasteiger partial charge is 0.508 e. The Balaban J connectivity index is 1.86. The zero-order valence-corrected chi connectivity index (χ0v) is 17.9. The Hall–Kier alpha value is -1.96. The van der Waals surface area contributed by atoms with E-state index in [0.29, 0.717) is 26.1 Å². The average Bonchev–Trinajstić information content (AvgIpc) is 2.74. The van der Waals surface area contributed by atoms with E-state index in [1.807, 2.05) is 44.2 Å². The second kappa shape index (κ2) is 13.4. The molecule has 166 valence electrons. The molecular formula is C24H35NO5. The summed E-state index contributed by atoms with van der Waals surface area (Å²) in [6.45, 7) is 4.50. The van der Waals surface area contributed by atoms with Crippen LogP contribution in [0, 0.1) is 0 Å². The molecule has 0 aliphatic rings. The van der Waals surface area contributed by atoms with Crippen LogP contribution in [0.4, 0.5) is 0 Å². The number of aryl methyl sites for hydroxylation is 1. The van der Waals surface area contributed by atoms with Crippen LogP contribution in [0.15, 0.2) is 54.6 Å². The maximum Gasteiger partial charge on any atom is 0.115 e. The first-order valence-electron chi connectivity index (χ1n) is 10.6. The number of ether oxygens (including phenoxy) is 2. The highest BCUT2D eigenvalue weighted by Crippen LogP contribution is 2.13. The van der Waals surface area contributed by atoms with Crippen LogP contribution in [0.5, 0.6) is 5.75 Å². The zero-order chi connectivity index (χ0) is 21.8. The molecule has 30 heavy (non-hydrogen) atoms. The zero-order valence-electron chi connectivity index (χ0n) is 17.9. The maximum atomic E-state index is 10.5. The van der Waals surface area contributed by atoms with E-state index in [2.05, 4.69) is 17.4 Å². The fraction of sp³-hybridized carbons (Fsp3) is 0.500. The summed E-state index contributed by atoms with van der Waals surface area (Å²) in [7, 11) is 0. The number of benzene rings is 2. The Bertz CT molecular complexity index is 695. The monoisotopic (exact) mass is 417 g/mol. The number of hydrogen-bond donors (Lipinski definition) is 4. The van der Waals surface area contributed by atoms with Crippen LogP contribution in [0.3, 0.4) is 0 Å². The normalized spacial score (nSPS) is 15.5. The fourth-order valence-corrected chi connectivity index (χ4v) is 3.24. The first-order valence-corrected chi connectivity index (χ1v) is 10.6. The lowest BCUT2D eigenvalue weighted by molar-refractivity contribution is -0.0621. The number of aliphatic hydroxyl groups is 2. The lowest BCUT2D eigenvalue weighted by atomic mass is 10.0. The third-order valence-electron chi connectivity index (χ3n) is 4.79. The molecule has 0 spiro atoms. The number of phenols is 1. The van der Waals surface area contributed by atoms with Gasteiger partial charge in [0, 0.05) is 6.04 Å². The van der Waals surface area contributed by atoms with Crippen molar-refractivity contribution >= 4 is 0 Å². The minimum absolute atomic E-state index is 0.0248. The van der Waals surface area contributed by atoms with Crippen molar-refractivity contribution < 1.29 is 24.8 Å². The van der Waals surface area contributed by atoms with Gasteiger partial charge in [-0.25, -0.2) is 0 Å². The van der Waals surface area contributed by atoms with Gasteiger partial charge in [0.25, 0.3) is 0 Å². The summed E-state index contributed by atoms with van der Waals surface area (Å²) in [4.78, 5) is 0. The summed E-state index contributed by atoms with van der Waals surface area (Å²) in [6, 6.07) is 17.0. The second-order valence-electron chi connectivity index (χ2n) is 7.75. The lowest BCUT2D eigenvalue weighted by Crippen LogP contribution is -2.43. The van der Waals surface area contributed by atoms with Crippen molar-refractivity contribution in [1.29, 1.82) is 0 Å². The van der Waals surface area contributed by atoms with Crippen molar-refractivity contribution in [3.05, 3.63) is 65.7 Å². The SMILES string of the molecule is CC(CO)OC(C)COCC(Cc1ccc(O)cc1)NC(O)CCc1ccccc1. The molecule has 0 saturated heterocycles. The van der Waals surface area contributed by atoms with Crippen molar-refractivity contribution in [2.24, 2.45) is 0 Å². The average molecular weight is 418 g/mol. The maximum absolute atomic E-state index is 10.5. The smallest absolute Gasteiger partial charge is 0.115 e. The van der Waals surface area contributed by atoms with Crippen LogP contribution in [-0.2, 0) is 22.3 Å². The predicted molar refractivity (Wildman–Crippen MR) is 117 cm³/mol. The van der Waals surface area contributed by atoms with Crippen molar-refractivity contribution in [2.75, 3.05) is 19.8 Å². The van der Waals surface area contributed by atoms with Gasteiger partial charge in [0.2, 0.25) is 0 Å². The van der Waals surface area contributed by atoms with Crippen molar-refractivity contribution in [3.8, 4) is 5.75 Å². The summed E-state index contributed by atoms with van der Waals surface area (Å²) < 4.78 is 11.4. The summed E-state index contributed by atoms with van der Waals surface area (Å²) in [5.41, 5.74) is 2.23. The Morgan fingerprint density at radius 3 is 2.27 bits per heavy atom. The van der Waals surface area contributed by atoms with E-state index in [4.69, 9.17) is 14.6 Å². The fourth-order valence-electron chi connectivity index (χ4n) is 3.24. The van der Waals surface area contributed by atoms with Crippen LogP contribution in [0.25, 0.3) is 0 Å². The highest BCUT2D eigenvalue weighted by Gasteiger charge is 2.16. The molecular weight excluding hydrogens is 382 g/mol. The Morgan fingerprint density at radius 2 is 1.60 bits per heavy atom. The molecule has 0 aliphatic carbocycles. The van der Waals surface area contributed by atoms with Gasteiger partial charge in [0.15, 0.2) is 0 Å². The third kappa shape index (κ3) is 9.69. The number of aromatic hydroxyl groups is 1. The molecule has 0 bridgehead atoms. The molecule has 0 heterocycles. The van der Waals surface area contributed by atoms with E-state index < -0.39 is 6.23 Å². The summed E-state index contributed by atoms with van der Waals surface area (Å²) in [5, 5.41) is 32.4. The summed E-state index contributed by atoms with van der Waals surface area (Å²) in [5.74, 6) is 0.228. The van der Waals surface area contributed by atoms with Crippen LogP contribution < -0.4 is 5.32 Å². The topological polar surface area (TPSA) is 91.2 Å². The molecule has 4 unspecified atom stereocenters. The first-order chi connectivity index (χ1) is 14.5. The Morgan fingerprint density at radius 1 is 0.900 bits per heavy atom. The van der Waals surface area contributed by atoms with Gasteiger partial charge in [-0.3, -0.25) is 5.32 Å². The summed E-state index contributed by atoms with van der Waals surface area (Å²) in [6.07, 6.45) is 1.03. The molecule has 0 saturated carbocycles. The van der Waals surface area contributed by atoms with Crippen molar-refractivity contribution in [2.45, 2.75) is 57.6 Å². The van der Waals surface area contributed by atoms with E-state index in [9.17, 15) is 10.2 Å². The van der Waals surface area contributed by atoms with Crippen LogP contribution in [0.1, 0.15) is 31.4 Å². The molecule has 6 nitrogen and oxygen atoms in total. The molecule has 0 fully saturated rings. The quantitative estimate of drug-likeness (QED) is 0.353. The number of phenolic OH excluding ortho intramolecular Hbond substituents is 1. The van der Waals surface area contributed by atoms with Crippen LogP contribution in [0.2, 0.25) is 0 Å². The van der Waals surface area contributed by atoms with E-state index in [-0.39, 0.29) is 30.6 Å². The minimum atomic E-state index is -0.654. The molecule has 2 aromatic rings. The summed E-state index contributed by atoms with van der Waals surface area (Å²) >= 11 is 0.